The highest BCUT2D eigenvalue weighted by atomic mass is 15.2. The van der Waals surface area contributed by atoms with Gasteiger partial charge in [0.05, 0.1) is 0 Å². The maximum Gasteiger partial charge on any atom is 0.0163 e. The van der Waals surface area contributed by atoms with Crippen LogP contribution in [0.1, 0.15) is 26.2 Å². The zero-order valence-electron chi connectivity index (χ0n) is 8.21. The zero-order chi connectivity index (χ0) is 8.55. The number of nitrogens with one attached hydrogen (secondary N) is 1. The van der Waals surface area contributed by atoms with Gasteiger partial charge < -0.3 is 5.32 Å². The van der Waals surface area contributed by atoms with E-state index in [9.17, 15) is 0 Å². The molecule has 1 heterocycles. The van der Waals surface area contributed by atoms with Crippen molar-refractivity contribution in [1.29, 1.82) is 0 Å². The summed E-state index contributed by atoms with van der Waals surface area (Å²) in [7, 11) is 2.05. The lowest BCUT2D eigenvalue weighted by molar-refractivity contribution is 0.197. The lowest BCUT2D eigenvalue weighted by atomic mass is 10.1. The molecule has 2 bridgehead atoms. The highest BCUT2D eigenvalue weighted by Crippen LogP contribution is 2.37. The van der Waals surface area contributed by atoms with E-state index in [-0.39, 0.29) is 0 Å². The maximum atomic E-state index is 3.31. The van der Waals surface area contributed by atoms with Gasteiger partial charge in [0.1, 0.15) is 0 Å². The Morgan fingerprint density at radius 3 is 2.83 bits per heavy atom. The fraction of sp³-hybridized carbons (Fsp3) is 1.00. The summed E-state index contributed by atoms with van der Waals surface area (Å²) in [5.74, 6) is 1.04. The number of nitrogens with zero attached hydrogens (tertiary/aromatic N) is 1. The molecule has 3 atom stereocenters. The number of likely N-dealkylation sites (N-methyl/N-ethyl adjacent to an activating group) is 1. The van der Waals surface area contributed by atoms with Gasteiger partial charge in [-0.05, 0) is 39.2 Å². The monoisotopic (exact) mass is 168 g/mol. The van der Waals surface area contributed by atoms with Gasteiger partial charge >= 0.3 is 0 Å². The molecule has 12 heavy (non-hydrogen) atoms. The standard InChI is InChI=1S/C10H20N2/c1-8(11-2)6-12-7-9-3-4-10(12)5-9/h8-11H,3-7H2,1-2H3/t8?,9-,10+/m1/s1. The van der Waals surface area contributed by atoms with E-state index in [1.54, 1.807) is 0 Å². The van der Waals surface area contributed by atoms with E-state index >= 15 is 0 Å². The molecule has 2 aliphatic rings. The first kappa shape index (κ1) is 8.52. The molecule has 1 saturated carbocycles. The van der Waals surface area contributed by atoms with Gasteiger partial charge in [-0.2, -0.15) is 0 Å². The Morgan fingerprint density at radius 1 is 1.50 bits per heavy atom. The predicted octanol–water partition coefficient (Wildman–Crippen LogP) is 1.08. The Kier molecular flexibility index (Phi) is 2.37. The van der Waals surface area contributed by atoms with Gasteiger partial charge in [-0.15, -0.1) is 0 Å². The number of piperidine rings is 1. The molecule has 0 amide bonds. The lowest BCUT2D eigenvalue weighted by Crippen LogP contribution is -2.41. The van der Waals surface area contributed by atoms with E-state index < -0.39 is 0 Å². The van der Waals surface area contributed by atoms with Crippen molar-refractivity contribution in [2.75, 3.05) is 20.1 Å². The van der Waals surface area contributed by atoms with Gasteiger partial charge in [0, 0.05) is 25.2 Å². The smallest absolute Gasteiger partial charge is 0.0163 e. The Hall–Kier alpha value is -0.0800. The normalized spacial score (nSPS) is 37.5. The van der Waals surface area contributed by atoms with Crippen LogP contribution in [-0.2, 0) is 0 Å². The molecule has 2 nitrogen and oxygen atoms in total. The van der Waals surface area contributed by atoms with E-state index in [1.807, 2.05) is 0 Å². The van der Waals surface area contributed by atoms with E-state index in [1.165, 1.54) is 32.4 Å². The average molecular weight is 168 g/mol. The second-order valence-electron chi connectivity index (χ2n) is 4.48. The van der Waals surface area contributed by atoms with Crippen LogP contribution in [0.2, 0.25) is 0 Å². The van der Waals surface area contributed by atoms with E-state index in [0.29, 0.717) is 6.04 Å². The van der Waals surface area contributed by atoms with Crippen molar-refractivity contribution < 1.29 is 0 Å². The third-order valence-corrected chi connectivity index (χ3v) is 3.52. The van der Waals surface area contributed by atoms with E-state index in [4.69, 9.17) is 0 Å². The third kappa shape index (κ3) is 1.50. The van der Waals surface area contributed by atoms with E-state index in [2.05, 4.69) is 24.2 Å². The summed E-state index contributed by atoms with van der Waals surface area (Å²) in [6, 6.07) is 1.59. The van der Waals surface area contributed by atoms with Gasteiger partial charge in [0.2, 0.25) is 0 Å². The average Bonchev–Trinajstić information content (AvgIpc) is 2.64. The van der Waals surface area contributed by atoms with Crippen molar-refractivity contribution in [1.82, 2.24) is 10.2 Å². The van der Waals surface area contributed by atoms with E-state index in [0.717, 1.165) is 12.0 Å². The van der Waals surface area contributed by atoms with Crippen molar-refractivity contribution in [3.8, 4) is 0 Å². The van der Waals surface area contributed by atoms with Crippen LogP contribution < -0.4 is 5.32 Å². The largest absolute Gasteiger partial charge is 0.316 e. The Labute approximate surface area is 75.3 Å². The molecule has 0 aromatic rings. The van der Waals surface area contributed by atoms with Gasteiger partial charge in [-0.3, -0.25) is 4.90 Å². The minimum absolute atomic E-state index is 0.657. The molecule has 0 radical (unpaired) electrons. The summed E-state index contributed by atoms with van der Waals surface area (Å²) in [5.41, 5.74) is 0. The van der Waals surface area contributed by atoms with Crippen LogP contribution >= 0.6 is 0 Å². The number of likely N-dealkylation sites (tertiary alicyclic amines) is 1. The minimum atomic E-state index is 0.657. The molecule has 2 fully saturated rings. The molecule has 2 rings (SSSR count). The highest BCUT2D eigenvalue weighted by molar-refractivity contribution is 4.92. The molecule has 1 aliphatic heterocycles. The summed E-state index contributed by atoms with van der Waals surface area (Å²) >= 11 is 0. The topological polar surface area (TPSA) is 15.3 Å². The van der Waals surface area contributed by atoms with Gasteiger partial charge in [0.15, 0.2) is 0 Å². The number of rotatable bonds is 3. The molecule has 0 aromatic heterocycles. The van der Waals surface area contributed by atoms with Gasteiger partial charge in [-0.25, -0.2) is 0 Å². The second kappa shape index (κ2) is 3.35. The van der Waals surface area contributed by atoms with Crippen LogP contribution in [0.3, 0.4) is 0 Å². The van der Waals surface area contributed by atoms with Crippen LogP contribution in [0.5, 0.6) is 0 Å². The van der Waals surface area contributed by atoms with Gasteiger partial charge in [0.25, 0.3) is 0 Å². The molecule has 1 saturated heterocycles. The molecule has 0 spiro atoms. The van der Waals surface area contributed by atoms with Crippen LogP contribution in [0, 0.1) is 5.92 Å². The number of fused-ring (bicyclic) bond motifs is 2. The first-order chi connectivity index (χ1) is 5.79. The molecule has 1 aliphatic carbocycles. The molecule has 70 valence electrons. The minimum Gasteiger partial charge on any atom is -0.316 e. The lowest BCUT2D eigenvalue weighted by Gasteiger charge is -2.29. The molecular formula is C10H20N2. The van der Waals surface area contributed by atoms with Crippen LogP contribution in [0.4, 0.5) is 0 Å². The van der Waals surface area contributed by atoms with Crippen LogP contribution in [0.25, 0.3) is 0 Å². The third-order valence-electron chi connectivity index (χ3n) is 3.52. The summed E-state index contributed by atoms with van der Waals surface area (Å²) < 4.78 is 0. The second-order valence-corrected chi connectivity index (χ2v) is 4.48. The summed E-state index contributed by atoms with van der Waals surface area (Å²) in [4.78, 5) is 2.68. The van der Waals surface area contributed by atoms with Crippen molar-refractivity contribution in [3.05, 3.63) is 0 Å². The Balaban J connectivity index is 1.82. The summed E-state index contributed by atoms with van der Waals surface area (Å²) in [5, 5.41) is 3.31. The Bertz CT molecular complexity index is 158. The summed E-state index contributed by atoms with van der Waals surface area (Å²) in [6.45, 7) is 4.89. The van der Waals surface area contributed by atoms with Crippen molar-refractivity contribution in [3.63, 3.8) is 0 Å². The SMILES string of the molecule is CNC(C)CN1C[C@@H]2CC[C@H]1C2. The summed E-state index contributed by atoms with van der Waals surface area (Å²) in [6.07, 6.45) is 4.44. The molecule has 2 heteroatoms. The fourth-order valence-corrected chi connectivity index (χ4v) is 2.69. The van der Waals surface area contributed by atoms with Crippen molar-refractivity contribution in [2.45, 2.75) is 38.3 Å². The zero-order valence-corrected chi connectivity index (χ0v) is 8.21. The maximum absolute atomic E-state index is 3.31. The quantitative estimate of drug-likeness (QED) is 0.678. The number of hydrogen-bond acceptors (Lipinski definition) is 2. The van der Waals surface area contributed by atoms with Crippen molar-refractivity contribution in [2.24, 2.45) is 5.92 Å². The highest BCUT2D eigenvalue weighted by Gasteiger charge is 2.37. The number of hydrogen-bond donors (Lipinski definition) is 1. The van der Waals surface area contributed by atoms with Crippen LogP contribution in [-0.4, -0.2) is 37.1 Å². The van der Waals surface area contributed by atoms with Crippen LogP contribution in [0.15, 0.2) is 0 Å². The molecule has 0 aromatic carbocycles. The predicted molar refractivity (Wildman–Crippen MR) is 51.2 cm³/mol. The molecule has 1 unspecified atom stereocenters. The van der Waals surface area contributed by atoms with Gasteiger partial charge in [-0.1, -0.05) is 0 Å². The fourth-order valence-electron chi connectivity index (χ4n) is 2.69. The first-order valence-electron chi connectivity index (χ1n) is 5.21. The van der Waals surface area contributed by atoms with Crippen molar-refractivity contribution >= 4 is 0 Å². The molecular weight excluding hydrogens is 148 g/mol. The Morgan fingerprint density at radius 2 is 2.33 bits per heavy atom. The molecule has 1 N–H and O–H groups in total. The first-order valence-corrected chi connectivity index (χ1v) is 5.21.